The summed E-state index contributed by atoms with van der Waals surface area (Å²) in [5, 5.41) is 12.2. The van der Waals surface area contributed by atoms with Crippen molar-refractivity contribution in [3.05, 3.63) is 48.0 Å². The zero-order valence-electron chi connectivity index (χ0n) is 12.7. The van der Waals surface area contributed by atoms with Crippen molar-refractivity contribution in [2.24, 2.45) is 5.92 Å². The van der Waals surface area contributed by atoms with E-state index in [9.17, 15) is 14.3 Å². The summed E-state index contributed by atoms with van der Waals surface area (Å²) in [6.45, 7) is 4.30. The smallest absolute Gasteiger partial charge is 0.320 e. The first kappa shape index (κ1) is 16.2. The van der Waals surface area contributed by atoms with Gasteiger partial charge in [0.1, 0.15) is 23.4 Å². The lowest BCUT2D eigenvalue weighted by Crippen LogP contribution is -2.37. The Hall–Kier alpha value is -2.14. The van der Waals surface area contributed by atoms with Gasteiger partial charge in [0.15, 0.2) is 0 Å². The molecule has 4 nitrogen and oxygen atoms in total. The average Bonchev–Trinajstić information content (AvgIpc) is 2.92. The van der Waals surface area contributed by atoms with Crippen LogP contribution >= 0.6 is 0 Å². The molecule has 0 fully saturated rings. The summed E-state index contributed by atoms with van der Waals surface area (Å²) >= 11 is 0. The Bertz CT molecular complexity index is 619. The van der Waals surface area contributed by atoms with Crippen molar-refractivity contribution < 1.29 is 18.7 Å². The Morgan fingerprint density at radius 1 is 1.23 bits per heavy atom. The van der Waals surface area contributed by atoms with Gasteiger partial charge in [0.05, 0.1) is 6.54 Å². The van der Waals surface area contributed by atoms with E-state index in [1.165, 1.54) is 12.1 Å². The van der Waals surface area contributed by atoms with Crippen molar-refractivity contribution in [3.8, 4) is 11.3 Å². The van der Waals surface area contributed by atoms with Crippen molar-refractivity contribution in [2.75, 3.05) is 0 Å². The summed E-state index contributed by atoms with van der Waals surface area (Å²) in [7, 11) is 0. The normalized spacial score (nSPS) is 12.5. The molecule has 0 saturated carbocycles. The molecule has 2 rings (SSSR count). The topological polar surface area (TPSA) is 62.5 Å². The summed E-state index contributed by atoms with van der Waals surface area (Å²) in [5.74, 6) is 0.413. The standard InChI is InChI=1S/C17H20FNO3/c1-11(2)9-15(17(20)21)19-10-14-7-8-16(22-14)12-3-5-13(18)6-4-12/h3-8,11,15,19H,9-10H2,1-2H3,(H,20,21). The molecule has 22 heavy (non-hydrogen) atoms. The van der Waals surface area contributed by atoms with E-state index in [2.05, 4.69) is 5.32 Å². The molecule has 2 aromatic rings. The van der Waals surface area contributed by atoms with E-state index in [0.29, 0.717) is 30.4 Å². The monoisotopic (exact) mass is 305 g/mol. The summed E-state index contributed by atoms with van der Waals surface area (Å²) in [4.78, 5) is 11.2. The van der Waals surface area contributed by atoms with Crippen molar-refractivity contribution in [1.29, 1.82) is 0 Å². The maximum Gasteiger partial charge on any atom is 0.320 e. The molecule has 1 unspecified atom stereocenters. The first-order valence-corrected chi connectivity index (χ1v) is 7.26. The maximum atomic E-state index is 12.9. The number of benzene rings is 1. The zero-order valence-corrected chi connectivity index (χ0v) is 12.7. The minimum Gasteiger partial charge on any atom is -0.480 e. The molecule has 1 aromatic carbocycles. The minimum atomic E-state index is -0.862. The molecule has 1 aromatic heterocycles. The number of hydrogen-bond acceptors (Lipinski definition) is 3. The molecule has 0 aliphatic carbocycles. The molecule has 0 bridgehead atoms. The van der Waals surface area contributed by atoms with E-state index < -0.39 is 12.0 Å². The Morgan fingerprint density at radius 3 is 2.50 bits per heavy atom. The largest absolute Gasteiger partial charge is 0.480 e. The van der Waals surface area contributed by atoms with Gasteiger partial charge >= 0.3 is 5.97 Å². The summed E-state index contributed by atoms with van der Waals surface area (Å²) in [6, 6.07) is 9.02. The number of aliphatic carboxylic acids is 1. The number of rotatable bonds is 7. The van der Waals surface area contributed by atoms with Crippen molar-refractivity contribution >= 4 is 5.97 Å². The van der Waals surface area contributed by atoms with E-state index in [0.717, 1.165) is 5.56 Å². The van der Waals surface area contributed by atoms with Gasteiger partial charge in [0, 0.05) is 5.56 Å². The summed E-state index contributed by atoms with van der Waals surface area (Å²) < 4.78 is 18.6. The number of carboxylic acids is 1. The number of nitrogens with one attached hydrogen (secondary N) is 1. The number of hydrogen-bond donors (Lipinski definition) is 2. The zero-order chi connectivity index (χ0) is 16.1. The second-order valence-electron chi connectivity index (χ2n) is 5.67. The lowest BCUT2D eigenvalue weighted by molar-refractivity contribution is -0.140. The molecular formula is C17H20FNO3. The van der Waals surface area contributed by atoms with Crippen molar-refractivity contribution in [1.82, 2.24) is 5.32 Å². The van der Waals surface area contributed by atoms with Gasteiger partial charge in [-0.2, -0.15) is 0 Å². The van der Waals surface area contributed by atoms with Gasteiger partial charge in [0.2, 0.25) is 0 Å². The van der Waals surface area contributed by atoms with Gasteiger partial charge in [-0.05, 0) is 48.7 Å². The Kier molecular flexibility index (Phi) is 5.33. The second kappa shape index (κ2) is 7.22. The van der Waals surface area contributed by atoms with Crippen LogP contribution in [-0.4, -0.2) is 17.1 Å². The molecular weight excluding hydrogens is 285 g/mol. The minimum absolute atomic E-state index is 0.292. The molecule has 5 heteroatoms. The van der Waals surface area contributed by atoms with Crippen LogP contribution in [0.4, 0.5) is 4.39 Å². The molecule has 0 saturated heterocycles. The van der Waals surface area contributed by atoms with E-state index in [-0.39, 0.29) is 5.82 Å². The van der Waals surface area contributed by atoms with Crippen molar-refractivity contribution in [3.63, 3.8) is 0 Å². The third-order valence-corrected chi connectivity index (χ3v) is 3.32. The van der Waals surface area contributed by atoms with Gasteiger partial charge in [0.25, 0.3) is 0 Å². The summed E-state index contributed by atoms with van der Waals surface area (Å²) in [6.07, 6.45) is 0.556. The number of carbonyl (C=O) groups is 1. The van der Waals surface area contributed by atoms with Crippen LogP contribution in [0.3, 0.4) is 0 Å². The lowest BCUT2D eigenvalue weighted by Gasteiger charge is -2.15. The Balaban J connectivity index is 1.99. The molecule has 0 radical (unpaired) electrons. The molecule has 118 valence electrons. The highest BCUT2D eigenvalue weighted by molar-refractivity contribution is 5.73. The van der Waals surface area contributed by atoms with Gasteiger partial charge < -0.3 is 9.52 Å². The number of halogens is 1. The molecule has 0 aliphatic rings. The Labute approximate surface area is 129 Å². The third kappa shape index (κ3) is 4.43. The number of carboxylic acid groups (broad SMARTS) is 1. The first-order chi connectivity index (χ1) is 10.5. The highest BCUT2D eigenvalue weighted by atomic mass is 19.1. The third-order valence-electron chi connectivity index (χ3n) is 3.32. The van der Waals surface area contributed by atoms with Gasteiger partial charge in [-0.25, -0.2) is 4.39 Å². The van der Waals surface area contributed by atoms with Gasteiger partial charge in [-0.1, -0.05) is 13.8 Å². The van der Waals surface area contributed by atoms with Crippen molar-refractivity contribution in [2.45, 2.75) is 32.9 Å². The fraction of sp³-hybridized carbons (Fsp3) is 0.353. The van der Waals surface area contributed by atoms with Crippen LogP contribution < -0.4 is 5.32 Å². The van der Waals surface area contributed by atoms with E-state index in [1.54, 1.807) is 24.3 Å². The molecule has 0 spiro atoms. The van der Waals surface area contributed by atoms with Crippen LogP contribution in [0, 0.1) is 11.7 Å². The van der Waals surface area contributed by atoms with E-state index in [1.807, 2.05) is 13.8 Å². The molecule has 1 atom stereocenters. The predicted molar refractivity (Wildman–Crippen MR) is 81.8 cm³/mol. The van der Waals surface area contributed by atoms with Gasteiger partial charge in [-0.15, -0.1) is 0 Å². The molecule has 0 aliphatic heterocycles. The van der Waals surface area contributed by atoms with Crippen LogP contribution in [0.1, 0.15) is 26.0 Å². The van der Waals surface area contributed by atoms with Crippen LogP contribution in [-0.2, 0) is 11.3 Å². The fourth-order valence-electron chi connectivity index (χ4n) is 2.21. The molecule has 2 N–H and O–H groups in total. The first-order valence-electron chi connectivity index (χ1n) is 7.26. The average molecular weight is 305 g/mol. The summed E-state index contributed by atoms with van der Waals surface area (Å²) in [5.41, 5.74) is 0.782. The molecule has 1 heterocycles. The number of furan rings is 1. The second-order valence-corrected chi connectivity index (χ2v) is 5.67. The SMILES string of the molecule is CC(C)CC(NCc1ccc(-c2ccc(F)cc2)o1)C(=O)O. The predicted octanol–water partition coefficient (Wildman–Crippen LogP) is 3.67. The Morgan fingerprint density at radius 2 is 1.91 bits per heavy atom. The highest BCUT2D eigenvalue weighted by Gasteiger charge is 2.18. The van der Waals surface area contributed by atoms with E-state index >= 15 is 0 Å². The maximum absolute atomic E-state index is 12.9. The fourth-order valence-corrected chi connectivity index (χ4v) is 2.21. The quantitative estimate of drug-likeness (QED) is 0.819. The van der Waals surface area contributed by atoms with Crippen LogP contribution in [0.2, 0.25) is 0 Å². The van der Waals surface area contributed by atoms with Crippen LogP contribution in [0.5, 0.6) is 0 Å². The van der Waals surface area contributed by atoms with E-state index in [4.69, 9.17) is 4.42 Å². The van der Waals surface area contributed by atoms with Gasteiger partial charge in [-0.3, -0.25) is 10.1 Å². The van der Waals surface area contributed by atoms with Crippen LogP contribution in [0.15, 0.2) is 40.8 Å². The highest BCUT2D eigenvalue weighted by Crippen LogP contribution is 2.22. The lowest BCUT2D eigenvalue weighted by atomic mass is 10.0. The van der Waals surface area contributed by atoms with Crippen LogP contribution in [0.25, 0.3) is 11.3 Å². The molecule has 0 amide bonds.